The molecule has 0 radical (unpaired) electrons. The highest BCUT2D eigenvalue weighted by Crippen LogP contribution is 2.37. The third-order valence-electron chi connectivity index (χ3n) is 5.26. The van der Waals surface area contributed by atoms with Crippen molar-refractivity contribution in [3.63, 3.8) is 0 Å². The molecule has 1 aromatic heterocycles. The Hall–Kier alpha value is -4.07. The van der Waals surface area contributed by atoms with E-state index in [1.807, 2.05) is 6.92 Å². The molecule has 2 N–H and O–H groups in total. The van der Waals surface area contributed by atoms with Crippen LogP contribution in [0, 0.1) is 20.8 Å². The minimum Gasteiger partial charge on any atom is -0.507 e. The summed E-state index contributed by atoms with van der Waals surface area (Å²) < 4.78 is 5.30. The fourth-order valence-electron chi connectivity index (χ4n) is 3.52. The summed E-state index contributed by atoms with van der Waals surface area (Å²) in [5, 5.41) is 20.4. The summed E-state index contributed by atoms with van der Waals surface area (Å²) in [7, 11) is 0. The molecule has 8 nitrogen and oxygen atoms in total. The van der Waals surface area contributed by atoms with E-state index in [2.05, 4.69) is 9.97 Å². The molecule has 0 atom stereocenters. The van der Waals surface area contributed by atoms with Gasteiger partial charge in [-0.05, 0) is 39.0 Å². The quantitative estimate of drug-likeness (QED) is 0.486. The molecule has 0 amide bonds. The van der Waals surface area contributed by atoms with Crippen molar-refractivity contribution in [2.24, 2.45) is 0 Å². The molecule has 3 aromatic rings. The third-order valence-corrected chi connectivity index (χ3v) is 5.26. The second-order valence-electron chi connectivity index (χ2n) is 7.28. The number of benzene rings is 2. The van der Waals surface area contributed by atoms with Crippen molar-refractivity contribution in [2.45, 2.75) is 27.4 Å². The molecule has 2 aromatic carbocycles. The van der Waals surface area contributed by atoms with Gasteiger partial charge in [-0.3, -0.25) is 19.6 Å². The molecule has 4 rings (SSSR count). The summed E-state index contributed by atoms with van der Waals surface area (Å²) in [4.78, 5) is 47.0. The lowest BCUT2D eigenvalue weighted by atomic mass is 9.82. The Morgan fingerprint density at radius 2 is 1.55 bits per heavy atom. The SMILES string of the molecule is Cc1nc(C)c(COC(=O)c2cc(O)c3c(c2)C(=O)c2cccc(O)c2C3=O)nc1C. The van der Waals surface area contributed by atoms with Crippen LogP contribution in [0.1, 0.15) is 65.0 Å². The fourth-order valence-corrected chi connectivity index (χ4v) is 3.52. The van der Waals surface area contributed by atoms with Crippen molar-refractivity contribution < 1.29 is 29.3 Å². The second kappa shape index (κ2) is 7.32. The smallest absolute Gasteiger partial charge is 0.338 e. The minimum absolute atomic E-state index is 0.00319. The maximum atomic E-state index is 12.9. The van der Waals surface area contributed by atoms with Crippen LogP contribution in [0.5, 0.6) is 11.5 Å². The number of aryl methyl sites for hydroxylation is 3. The molecule has 1 aliphatic rings. The minimum atomic E-state index is -0.792. The number of nitrogens with zero attached hydrogens (tertiary/aromatic N) is 2. The molecule has 0 spiro atoms. The standard InChI is InChI=1S/C23H18N2O6/c1-10-11(2)25-16(12(3)24-10)9-31-23(30)13-7-15-20(18(27)8-13)22(29)19-14(21(15)28)5-4-6-17(19)26/h4-8,26-27H,9H2,1-3H3. The Morgan fingerprint density at radius 3 is 2.29 bits per heavy atom. The number of hydrogen-bond donors (Lipinski definition) is 2. The average Bonchev–Trinajstić information content (AvgIpc) is 2.72. The van der Waals surface area contributed by atoms with Crippen molar-refractivity contribution in [3.05, 3.63) is 80.9 Å². The van der Waals surface area contributed by atoms with Crippen LogP contribution in [0.3, 0.4) is 0 Å². The van der Waals surface area contributed by atoms with E-state index >= 15 is 0 Å². The number of phenols is 2. The molecular formula is C23H18N2O6. The molecule has 0 fully saturated rings. The van der Waals surface area contributed by atoms with Gasteiger partial charge in [0.05, 0.1) is 39.5 Å². The third kappa shape index (κ3) is 3.31. The Morgan fingerprint density at radius 1 is 0.871 bits per heavy atom. The van der Waals surface area contributed by atoms with Gasteiger partial charge in [0.1, 0.15) is 18.1 Å². The van der Waals surface area contributed by atoms with E-state index in [1.165, 1.54) is 24.3 Å². The van der Waals surface area contributed by atoms with Gasteiger partial charge in [0.25, 0.3) is 0 Å². The number of aromatic hydroxyl groups is 2. The average molecular weight is 418 g/mol. The van der Waals surface area contributed by atoms with Gasteiger partial charge in [0, 0.05) is 11.1 Å². The summed E-state index contributed by atoms with van der Waals surface area (Å²) >= 11 is 0. The lowest BCUT2D eigenvalue weighted by molar-refractivity contribution is 0.0465. The Balaban J connectivity index is 1.66. The second-order valence-corrected chi connectivity index (χ2v) is 7.28. The zero-order chi connectivity index (χ0) is 22.4. The van der Waals surface area contributed by atoms with E-state index in [-0.39, 0.29) is 40.2 Å². The molecule has 1 heterocycles. The summed E-state index contributed by atoms with van der Waals surface area (Å²) in [5.41, 5.74) is 1.98. The summed E-state index contributed by atoms with van der Waals surface area (Å²) in [6.45, 7) is 5.24. The number of phenolic OH excluding ortho intramolecular Hbond substituents is 2. The van der Waals surface area contributed by atoms with Gasteiger partial charge in [-0.25, -0.2) is 4.79 Å². The van der Waals surface area contributed by atoms with Crippen LogP contribution in [-0.2, 0) is 11.3 Å². The molecule has 8 heteroatoms. The molecule has 0 saturated carbocycles. The maximum Gasteiger partial charge on any atom is 0.338 e. The predicted octanol–water partition coefficient (Wildman–Crippen LogP) is 2.95. The number of ether oxygens (including phenoxy) is 1. The molecule has 0 unspecified atom stereocenters. The van der Waals surface area contributed by atoms with E-state index < -0.39 is 23.3 Å². The molecular weight excluding hydrogens is 400 g/mol. The summed E-state index contributed by atoms with van der Waals surface area (Å²) in [6, 6.07) is 6.41. The maximum absolute atomic E-state index is 12.9. The van der Waals surface area contributed by atoms with E-state index in [0.717, 1.165) is 11.8 Å². The van der Waals surface area contributed by atoms with Crippen LogP contribution in [0.15, 0.2) is 30.3 Å². The normalized spacial score (nSPS) is 12.4. The highest BCUT2D eigenvalue weighted by Gasteiger charge is 2.35. The first-order valence-electron chi connectivity index (χ1n) is 9.45. The number of fused-ring (bicyclic) bond motifs is 2. The van der Waals surface area contributed by atoms with E-state index in [0.29, 0.717) is 17.1 Å². The van der Waals surface area contributed by atoms with Crippen molar-refractivity contribution in [1.29, 1.82) is 0 Å². The topological polar surface area (TPSA) is 127 Å². The van der Waals surface area contributed by atoms with Crippen molar-refractivity contribution >= 4 is 17.5 Å². The first-order chi connectivity index (χ1) is 14.7. The zero-order valence-corrected chi connectivity index (χ0v) is 17.0. The van der Waals surface area contributed by atoms with Crippen LogP contribution in [0.4, 0.5) is 0 Å². The lowest BCUT2D eigenvalue weighted by Crippen LogP contribution is -2.22. The lowest BCUT2D eigenvalue weighted by Gasteiger charge is -2.19. The number of rotatable bonds is 3. The monoisotopic (exact) mass is 418 g/mol. The van der Waals surface area contributed by atoms with Gasteiger partial charge >= 0.3 is 5.97 Å². The van der Waals surface area contributed by atoms with Gasteiger partial charge in [0.15, 0.2) is 5.78 Å². The Labute approximate surface area is 177 Å². The van der Waals surface area contributed by atoms with Crippen molar-refractivity contribution in [3.8, 4) is 11.5 Å². The van der Waals surface area contributed by atoms with E-state index in [9.17, 15) is 24.6 Å². The zero-order valence-electron chi connectivity index (χ0n) is 17.0. The molecule has 0 saturated heterocycles. The predicted molar refractivity (Wildman–Crippen MR) is 108 cm³/mol. The molecule has 31 heavy (non-hydrogen) atoms. The first-order valence-corrected chi connectivity index (χ1v) is 9.45. The van der Waals surface area contributed by atoms with Crippen LogP contribution < -0.4 is 0 Å². The summed E-state index contributed by atoms with van der Waals surface area (Å²) in [6.07, 6.45) is 0. The van der Waals surface area contributed by atoms with Crippen LogP contribution in [0.2, 0.25) is 0 Å². The molecule has 156 valence electrons. The highest BCUT2D eigenvalue weighted by molar-refractivity contribution is 6.30. The van der Waals surface area contributed by atoms with Gasteiger partial charge in [0.2, 0.25) is 5.78 Å². The number of aromatic nitrogens is 2. The highest BCUT2D eigenvalue weighted by atomic mass is 16.5. The first kappa shape index (κ1) is 20.2. The number of carbonyl (C=O) groups excluding carboxylic acids is 3. The van der Waals surface area contributed by atoms with E-state index in [1.54, 1.807) is 13.8 Å². The van der Waals surface area contributed by atoms with Crippen LogP contribution in [-0.4, -0.2) is 37.7 Å². The summed E-state index contributed by atoms with van der Waals surface area (Å²) in [5.74, 6) is -2.96. The Kier molecular flexibility index (Phi) is 4.77. The number of esters is 1. The molecule has 1 aliphatic carbocycles. The van der Waals surface area contributed by atoms with Gasteiger partial charge < -0.3 is 14.9 Å². The molecule has 0 bridgehead atoms. The van der Waals surface area contributed by atoms with Crippen LogP contribution >= 0.6 is 0 Å². The van der Waals surface area contributed by atoms with Gasteiger partial charge in [-0.15, -0.1) is 0 Å². The van der Waals surface area contributed by atoms with Gasteiger partial charge in [-0.2, -0.15) is 0 Å². The Bertz CT molecular complexity index is 1300. The van der Waals surface area contributed by atoms with Gasteiger partial charge in [-0.1, -0.05) is 12.1 Å². The van der Waals surface area contributed by atoms with Crippen molar-refractivity contribution in [1.82, 2.24) is 9.97 Å². The van der Waals surface area contributed by atoms with E-state index in [4.69, 9.17) is 4.74 Å². The largest absolute Gasteiger partial charge is 0.507 e. The number of ketones is 2. The van der Waals surface area contributed by atoms with Crippen molar-refractivity contribution in [2.75, 3.05) is 0 Å². The van der Waals surface area contributed by atoms with Crippen LogP contribution in [0.25, 0.3) is 0 Å². The molecule has 0 aliphatic heterocycles. The fraction of sp³-hybridized carbons (Fsp3) is 0.174. The number of hydrogen-bond acceptors (Lipinski definition) is 8. The number of carbonyl (C=O) groups is 3.